The summed E-state index contributed by atoms with van der Waals surface area (Å²) in [7, 11) is 1.49. The lowest BCUT2D eigenvalue weighted by molar-refractivity contribution is -0.384. The van der Waals surface area contributed by atoms with E-state index in [-0.39, 0.29) is 17.3 Å². The number of nitrogens with one attached hydrogen (secondary N) is 1. The van der Waals surface area contributed by atoms with Crippen LogP contribution in [0.15, 0.2) is 36.9 Å². The Hall–Kier alpha value is -3.03. The van der Waals surface area contributed by atoms with Crippen molar-refractivity contribution in [1.29, 1.82) is 0 Å². The minimum absolute atomic E-state index is 0.0476. The van der Waals surface area contributed by atoms with Crippen LogP contribution in [0.4, 0.5) is 5.69 Å². The first kappa shape index (κ1) is 13.4. The summed E-state index contributed by atoms with van der Waals surface area (Å²) >= 11 is 0. The molecule has 1 aromatic heterocycles. The molecule has 1 aromatic carbocycles. The van der Waals surface area contributed by atoms with Crippen molar-refractivity contribution in [1.82, 2.24) is 20.1 Å². The number of carbonyl (C=O) groups excluding carboxylic acids is 1. The van der Waals surface area contributed by atoms with Crippen LogP contribution in [-0.2, 0) is 4.79 Å². The number of hydrogen-bond acceptors (Lipinski definition) is 5. The number of hydrogen-bond donors (Lipinski definition) is 1. The van der Waals surface area contributed by atoms with Crippen LogP contribution >= 0.6 is 0 Å². The minimum atomic E-state index is -0.494. The largest absolute Gasteiger partial charge is 0.354 e. The molecule has 0 saturated heterocycles. The fraction of sp³-hybridized carbons (Fsp3) is 0.0833. The van der Waals surface area contributed by atoms with Gasteiger partial charge < -0.3 is 5.32 Å². The van der Waals surface area contributed by atoms with E-state index in [4.69, 9.17) is 0 Å². The molecule has 0 aliphatic carbocycles. The van der Waals surface area contributed by atoms with Crippen LogP contribution in [0.2, 0.25) is 0 Å². The highest BCUT2D eigenvalue weighted by Crippen LogP contribution is 2.17. The third kappa shape index (κ3) is 2.86. The third-order valence-corrected chi connectivity index (χ3v) is 2.51. The normalized spacial score (nSPS) is 11.2. The van der Waals surface area contributed by atoms with Crippen molar-refractivity contribution in [3.63, 3.8) is 0 Å². The number of nitrogens with zero attached hydrogens (tertiary/aromatic N) is 4. The number of amides is 1. The molecule has 8 heteroatoms. The van der Waals surface area contributed by atoms with Gasteiger partial charge in [-0.05, 0) is 11.6 Å². The van der Waals surface area contributed by atoms with Crippen LogP contribution in [0.1, 0.15) is 5.56 Å². The summed E-state index contributed by atoms with van der Waals surface area (Å²) in [6, 6.07) is 5.96. The Morgan fingerprint density at radius 3 is 2.90 bits per heavy atom. The van der Waals surface area contributed by atoms with Crippen molar-refractivity contribution >= 4 is 23.4 Å². The van der Waals surface area contributed by atoms with E-state index in [0.717, 1.165) is 0 Å². The maximum atomic E-state index is 11.8. The summed E-state index contributed by atoms with van der Waals surface area (Å²) < 4.78 is 1.29. The summed E-state index contributed by atoms with van der Waals surface area (Å²) in [5.74, 6) is -0.373. The molecule has 20 heavy (non-hydrogen) atoms. The number of rotatable bonds is 4. The van der Waals surface area contributed by atoms with Gasteiger partial charge in [0.05, 0.1) is 4.92 Å². The molecule has 1 amide bonds. The van der Waals surface area contributed by atoms with E-state index < -0.39 is 4.92 Å². The summed E-state index contributed by atoms with van der Waals surface area (Å²) in [5, 5.41) is 17.1. The van der Waals surface area contributed by atoms with Crippen molar-refractivity contribution in [3.8, 4) is 0 Å². The molecule has 0 saturated carbocycles. The Balaban J connectivity index is 2.46. The zero-order valence-electron chi connectivity index (χ0n) is 10.6. The van der Waals surface area contributed by atoms with Gasteiger partial charge in [-0.3, -0.25) is 14.9 Å². The number of benzene rings is 1. The van der Waals surface area contributed by atoms with Gasteiger partial charge in [-0.25, -0.2) is 9.67 Å². The van der Waals surface area contributed by atoms with Gasteiger partial charge in [0.1, 0.15) is 18.4 Å². The van der Waals surface area contributed by atoms with Crippen LogP contribution in [0.25, 0.3) is 11.8 Å². The lowest BCUT2D eigenvalue weighted by atomic mass is 10.1. The molecule has 0 fully saturated rings. The number of carbonyl (C=O) groups is 1. The molecule has 2 rings (SSSR count). The smallest absolute Gasteiger partial charge is 0.270 e. The zero-order valence-corrected chi connectivity index (χ0v) is 10.6. The maximum absolute atomic E-state index is 11.8. The molecule has 0 unspecified atom stereocenters. The lowest BCUT2D eigenvalue weighted by Crippen LogP contribution is -2.22. The molecule has 0 radical (unpaired) electrons. The van der Waals surface area contributed by atoms with Crippen molar-refractivity contribution in [2.45, 2.75) is 0 Å². The fourth-order valence-corrected chi connectivity index (χ4v) is 1.58. The van der Waals surface area contributed by atoms with Gasteiger partial charge in [0.2, 0.25) is 0 Å². The predicted octanol–water partition coefficient (Wildman–Crippen LogP) is 0.930. The van der Waals surface area contributed by atoms with Gasteiger partial charge in [-0.1, -0.05) is 12.1 Å². The third-order valence-electron chi connectivity index (χ3n) is 2.51. The number of aromatic nitrogens is 3. The number of likely N-dealkylation sites (N-methyl/N-ethyl adjacent to an activating group) is 1. The van der Waals surface area contributed by atoms with E-state index in [0.29, 0.717) is 5.56 Å². The molecule has 0 aliphatic rings. The summed E-state index contributed by atoms with van der Waals surface area (Å²) in [5.41, 5.74) is 0.687. The highest BCUT2D eigenvalue weighted by atomic mass is 16.6. The van der Waals surface area contributed by atoms with Gasteiger partial charge in [0, 0.05) is 19.2 Å². The highest BCUT2D eigenvalue weighted by molar-refractivity contribution is 6.18. The quantitative estimate of drug-likeness (QED) is 0.507. The van der Waals surface area contributed by atoms with Gasteiger partial charge in [-0.2, -0.15) is 5.10 Å². The SMILES string of the molecule is CNC(=O)/C(=C/c1cccc([N+](=O)[O-])c1)n1cncn1. The van der Waals surface area contributed by atoms with E-state index in [2.05, 4.69) is 15.4 Å². The first-order valence-electron chi connectivity index (χ1n) is 5.65. The number of non-ortho nitro benzene ring substituents is 1. The summed E-state index contributed by atoms with van der Waals surface area (Å²) in [4.78, 5) is 25.8. The van der Waals surface area contributed by atoms with E-state index in [1.54, 1.807) is 12.1 Å². The molecule has 1 N–H and O–H groups in total. The van der Waals surface area contributed by atoms with E-state index in [1.807, 2.05) is 0 Å². The van der Waals surface area contributed by atoms with E-state index >= 15 is 0 Å². The Bertz CT molecular complexity index is 663. The zero-order chi connectivity index (χ0) is 14.5. The summed E-state index contributed by atoms with van der Waals surface area (Å²) in [6.45, 7) is 0. The fourth-order valence-electron chi connectivity index (χ4n) is 1.58. The van der Waals surface area contributed by atoms with Crippen molar-refractivity contribution < 1.29 is 9.72 Å². The van der Waals surface area contributed by atoms with Crippen molar-refractivity contribution in [2.24, 2.45) is 0 Å². The van der Waals surface area contributed by atoms with Gasteiger partial charge >= 0.3 is 0 Å². The Labute approximate surface area is 113 Å². The van der Waals surface area contributed by atoms with Crippen LogP contribution in [0.3, 0.4) is 0 Å². The molecular formula is C12H11N5O3. The highest BCUT2D eigenvalue weighted by Gasteiger charge is 2.12. The molecule has 1 heterocycles. The molecular weight excluding hydrogens is 262 g/mol. The first-order valence-corrected chi connectivity index (χ1v) is 5.65. The van der Waals surface area contributed by atoms with Crippen LogP contribution in [-0.4, -0.2) is 32.6 Å². The van der Waals surface area contributed by atoms with Gasteiger partial charge in [-0.15, -0.1) is 0 Å². The minimum Gasteiger partial charge on any atom is -0.354 e. The van der Waals surface area contributed by atoms with Gasteiger partial charge in [0.15, 0.2) is 0 Å². The first-order chi connectivity index (χ1) is 9.61. The number of nitro benzene ring substituents is 1. The van der Waals surface area contributed by atoms with Crippen LogP contribution in [0.5, 0.6) is 0 Å². The van der Waals surface area contributed by atoms with E-state index in [9.17, 15) is 14.9 Å². The van der Waals surface area contributed by atoms with Crippen LogP contribution in [0, 0.1) is 10.1 Å². The summed E-state index contributed by atoms with van der Waals surface area (Å²) in [6.07, 6.45) is 4.17. The Morgan fingerprint density at radius 1 is 1.50 bits per heavy atom. The standard InChI is InChI=1S/C12H11N5O3/c1-13-12(18)11(16-8-14-7-15-16)6-9-3-2-4-10(5-9)17(19)20/h2-8H,1H3,(H,13,18)/b11-6-. The molecule has 0 bridgehead atoms. The maximum Gasteiger partial charge on any atom is 0.270 e. The van der Waals surface area contributed by atoms with Crippen LogP contribution < -0.4 is 5.32 Å². The van der Waals surface area contributed by atoms with E-state index in [1.165, 1.54) is 42.6 Å². The van der Waals surface area contributed by atoms with Gasteiger partial charge in [0.25, 0.3) is 11.6 Å². The molecule has 102 valence electrons. The van der Waals surface area contributed by atoms with Crippen molar-refractivity contribution in [2.75, 3.05) is 7.05 Å². The average molecular weight is 273 g/mol. The molecule has 8 nitrogen and oxygen atoms in total. The average Bonchev–Trinajstić information content (AvgIpc) is 2.98. The molecule has 0 spiro atoms. The molecule has 2 aromatic rings. The monoisotopic (exact) mass is 273 g/mol. The second-order valence-electron chi connectivity index (χ2n) is 3.80. The molecule has 0 aliphatic heterocycles. The number of nitro groups is 1. The Morgan fingerprint density at radius 2 is 2.30 bits per heavy atom. The Kier molecular flexibility index (Phi) is 3.85. The van der Waals surface area contributed by atoms with Crippen molar-refractivity contribution in [3.05, 3.63) is 52.6 Å². The predicted molar refractivity (Wildman–Crippen MR) is 71.4 cm³/mol. The second kappa shape index (κ2) is 5.74. The second-order valence-corrected chi connectivity index (χ2v) is 3.80. The topological polar surface area (TPSA) is 103 Å². The molecule has 0 atom stereocenters. The lowest BCUT2D eigenvalue weighted by Gasteiger charge is -2.05.